The highest BCUT2D eigenvalue weighted by Crippen LogP contribution is 2.52. The number of aromatic nitrogens is 1. The standard InChI is InChI=1S/C12H10N2O4S/c15-9-8-7(10(16)17)6-1-2-12(8,18-6)5-14(9)11-13-3-4-19-11/h1-4,6-8H,5H2,(H,16,17)/p-1/t6-,7-,8-,12-/m1/s1. The summed E-state index contributed by atoms with van der Waals surface area (Å²) in [6.07, 6.45) is 4.60. The Morgan fingerprint density at radius 3 is 3.16 bits per heavy atom. The van der Waals surface area contributed by atoms with Gasteiger partial charge in [0.2, 0.25) is 5.91 Å². The largest absolute Gasteiger partial charge is 0.550 e. The van der Waals surface area contributed by atoms with E-state index in [4.69, 9.17) is 4.74 Å². The average molecular weight is 277 g/mol. The molecule has 0 radical (unpaired) electrons. The molecule has 0 aliphatic carbocycles. The van der Waals surface area contributed by atoms with Gasteiger partial charge in [0, 0.05) is 23.5 Å². The number of aliphatic carboxylic acids is 1. The molecule has 2 bridgehead atoms. The van der Waals surface area contributed by atoms with Crippen LogP contribution in [0.4, 0.5) is 5.13 Å². The van der Waals surface area contributed by atoms with E-state index >= 15 is 0 Å². The van der Waals surface area contributed by atoms with Gasteiger partial charge in [-0.3, -0.25) is 9.69 Å². The number of hydrogen-bond donors (Lipinski definition) is 0. The lowest BCUT2D eigenvalue weighted by Gasteiger charge is -2.24. The molecule has 2 fully saturated rings. The molecule has 4 atom stereocenters. The second-order valence-electron chi connectivity index (χ2n) is 4.96. The van der Waals surface area contributed by atoms with Crippen LogP contribution in [0.1, 0.15) is 0 Å². The lowest BCUT2D eigenvalue weighted by Crippen LogP contribution is -2.45. The summed E-state index contributed by atoms with van der Waals surface area (Å²) in [5, 5.41) is 13.6. The molecule has 19 heavy (non-hydrogen) atoms. The van der Waals surface area contributed by atoms with Crippen molar-refractivity contribution in [1.82, 2.24) is 4.98 Å². The van der Waals surface area contributed by atoms with Crippen LogP contribution >= 0.6 is 11.3 Å². The lowest BCUT2D eigenvalue weighted by atomic mass is 9.77. The number of anilines is 1. The van der Waals surface area contributed by atoms with E-state index in [-0.39, 0.29) is 5.91 Å². The molecule has 4 heterocycles. The highest BCUT2D eigenvalue weighted by molar-refractivity contribution is 7.13. The molecule has 0 unspecified atom stereocenters. The van der Waals surface area contributed by atoms with Crippen LogP contribution < -0.4 is 10.0 Å². The highest BCUT2D eigenvalue weighted by atomic mass is 32.1. The minimum Gasteiger partial charge on any atom is -0.550 e. The third-order valence-electron chi connectivity index (χ3n) is 4.02. The monoisotopic (exact) mass is 277 g/mol. The minimum atomic E-state index is -1.23. The van der Waals surface area contributed by atoms with Crippen LogP contribution in [0, 0.1) is 11.8 Å². The van der Waals surface area contributed by atoms with Crippen molar-refractivity contribution in [2.75, 3.05) is 11.4 Å². The van der Waals surface area contributed by atoms with Gasteiger partial charge in [-0.25, -0.2) is 4.98 Å². The van der Waals surface area contributed by atoms with Crippen LogP contribution in [0.5, 0.6) is 0 Å². The van der Waals surface area contributed by atoms with Gasteiger partial charge >= 0.3 is 0 Å². The van der Waals surface area contributed by atoms with Crippen molar-refractivity contribution in [2.45, 2.75) is 11.7 Å². The highest BCUT2D eigenvalue weighted by Gasteiger charge is 2.65. The summed E-state index contributed by atoms with van der Waals surface area (Å²) in [5.74, 6) is -3.06. The quantitative estimate of drug-likeness (QED) is 0.660. The van der Waals surface area contributed by atoms with Gasteiger partial charge in [-0.05, 0) is 0 Å². The SMILES string of the molecule is O=C([O-])[C@@H]1[C@H]2C=C[C@]3(CN(c4nccs4)C(=O)[C@@H]13)O2. The topological polar surface area (TPSA) is 82.6 Å². The van der Waals surface area contributed by atoms with E-state index < -0.39 is 29.5 Å². The van der Waals surface area contributed by atoms with Gasteiger partial charge in [-0.2, -0.15) is 0 Å². The minimum absolute atomic E-state index is 0.240. The second-order valence-corrected chi connectivity index (χ2v) is 5.83. The molecule has 3 aliphatic heterocycles. The number of ether oxygens (including phenoxy) is 1. The zero-order valence-corrected chi connectivity index (χ0v) is 10.5. The number of thiazole rings is 1. The molecule has 4 rings (SSSR count). The van der Waals surface area contributed by atoms with E-state index in [1.54, 1.807) is 17.7 Å². The Balaban J connectivity index is 1.77. The summed E-state index contributed by atoms with van der Waals surface area (Å²) < 4.78 is 5.74. The van der Waals surface area contributed by atoms with Crippen molar-refractivity contribution in [1.29, 1.82) is 0 Å². The number of fused-ring (bicyclic) bond motifs is 1. The van der Waals surface area contributed by atoms with Crippen molar-refractivity contribution in [3.63, 3.8) is 0 Å². The fourth-order valence-corrected chi connectivity index (χ4v) is 3.93. The molecule has 1 spiro atoms. The van der Waals surface area contributed by atoms with Crippen molar-refractivity contribution in [3.8, 4) is 0 Å². The molecule has 0 aromatic carbocycles. The molecule has 3 aliphatic rings. The van der Waals surface area contributed by atoms with Crippen LogP contribution in [0.15, 0.2) is 23.7 Å². The third kappa shape index (κ3) is 1.26. The summed E-state index contributed by atoms with van der Waals surface area (Å²) in [7, 11) is 0. The maximum atomic E-state index is 12.5. The van der Waals surface area contributed by atoms with Crippen LogP contribution in [-0.2, 0) is 14.3 Å². The molecule has 1 aromatic rings. The zero-order valence-electron chi connectivity index (χ0n) is 9.68. The van der Waals surface area contributed by atoms with Crippen LogP contribution in [0.2, 0.25) is 0 Å². The number of amides is 1. The van der Waals surface area contributed by atoms with Gasteiger partial charge in [0.25, 0.3) is 0 Å². The molecular formula is C12H9N2O4S-. The Kier molecular flexibility index (Phi) is 2.01. The van der Waals surface area contributed by atoms with Gasteiger partial charge < -0.3 is 14.6 Å². The first kappa shape index (κ1) is 11.1. The van der Waals surface area contributed by atoms with Crippen molar-refractivity contribution in [2.24, 2.45) is 11.8 Å². The van der Waals surface area contributed by atoms with Gasteiger partial charge in [-0.15, -0.1) is 11.3 Å². The third-order valence-corrected chi connectivity index (χ3v) is 4.82. The average Bonchev–Trinajstić information content (AvgIpc) is 3.09. The van der Waals surface area contributed by atoms with Crippen molar-refractivity contribution >= 4 is 28.3 Å². The fourth-order valence-electron chi connectivity index (χ4n) is 3.28. The van der Waals surface area contributed by atoms with Gasteiger partial charge in [0.1, 0.15) is 5.60 Å². The Morgan fingerprint density at radius 1 is 1.63 bits per heavy atom. The second kappa shape index (κ2) is 3.43. The maximum Gasteiger partial charge on any atom is 0.236 e. The molecule has 6 nitrogen and oxygen atoms in total. The first-order chi connectivity index (χ1) is 9.12. The Morgan fingerprint density at radius 2 is 2.47 bits per heavy atom. The number of carboxylic acids is 1. The number of carbonyl (C=O) groups excluding carboxylic acids is 2. The predicted octanol–water partition coefficient (Wildman–Crippen LogP) is -0.821. The van der Waals surface area contributed by atoms with E-state index in [2.05, 4.69) is 4.98 Å². The lowest BCUT2D eigenvalue weighted by molar-refractivity contribution is -0.313. The van der Waals surface area contributed by atoms with E-state index in [1.165, 1.54) is 16.2 Å². The summed E-state index contributed by atoms with van der Waals surface area (Å²) in [6.45, 7) is 0.320. The number of carboxylic acid groups (broad SMARTS) is 1. The van der Waals surface area contributed by atoms with Gasteiger partial charge in [-0.1, -0.05) is 12.2 Å². The van der Waals surface area contributed by atoms with Gasteiger partial charge in [0.15, 0.2) is 5.13 Å². The normalized spacial score (nSPS) is 39.1. The molecule has 2 saturated heterocycles. The smallest absolute Gasteiger partial charge is 0.236 e. The predicted molar refractivity (Wildman–Crippen MR) is 63.2 cm³/mol. The van der Waals surface area contributed by atoms with E-state index in [0.717, 1.165) is 0 Å². The molecule has 0 N–H and O–H groups in total. The molecule has 0 saturated carbocycles. The number of nitrogens with zero attached hydrogens (tertiary/aromatic N) is 2. The Hall–Kier alpha value is -1.73. The summed E-state index contributed by atoms with van der Waals surface area (Å²) in [4.78, 5) is 29.4. The van der Waals surface area contributed by atoms with E-state index in [9.17, 15) is 14.7 Å². The number of hydrogen-bond acceptors (Lipinski definition) is 6. The van der Waals surface area contributed by atoms with E-state index in [0.29, 0.717) is 11.7 Å². The van der Waals surface area contributed by atoms with Crippen LogP contribution in [-0.4, -0.2) is 35.1 Å². The fraction of sp³-hybridized carbons (Fsp3) is 0.417. The Labute approximate surface area is 112 Å². The molecule has 1 aromatic heterocycles. The van der Waals surface area contributed by atoms with Crippen LogP contribution in [0.3, 0.4) is 0 Å². The molecular weight excluding hydrogens is 268 g/mol. The maximum absolute atomic E-state index is 12.5. The zero-order chi connectivity index (χ0) is 13.2. The van der Waals surface area contributed by atoms with Gasteiger partial charge in [0.05, 0.1) is 18.6 Å². The first-order valence-electron chi connectivity index (χ1n) is 5.91. The number of rotatable bonds is 2. The summed E-state index contributed by atoms with van der Waals surface area (Å²) >= 11 is 1.35. The molecule has 98 valence electrons. The van der Waals surface area contributed by atoms with E-state index in [1.807, 2.05) is 6.08 Å². The van der Waals surface area contributed by atoms with Crippen LogP contribution in [0.25, 0.3) is 0 Å². The molecule has 1 amide bonds. The first-order valence-corrected chi connectivity index (χ1v) is 6.79. The summed E-state index contributed by atoms with van der Waals surface area (Å²) in [6, 6.07) is 0. The Bertz CT molecular complexity index is 599. The summed E-state index contributed by atoms with van der Waals surface area (Å²) in [5.41, 5.74) is -0.821. The number of carbonyl (C=O) groups is 2. The van der Waals surface area contributed by atoms with Crippen molar-refractivity contribution in [3.05, 3.63) is 23.7 Å². The molecule has 7 heteroatoms. The van der Waals surface area contributed by atoms with Crippen molar-refractivity contribution < 1.29 is 19.4 Å².